The molecule has 2 aromatic heterocycles. The first-order valence-corrected chi connectivity index (χ1v) is 6.14. The van der Waals surface area contributed by atoms with Crippen molar-refractivity contribution >= 4 is 23.1 Å². The third kappa shape index (κ3) is 3.89. The molecule has 0 fully saturated rings. The van der Waals surface area contributed by atoms with Crippen molar-refractivity contribution in [2.75, 3.05) is 12.4 Å². The van der Waals surface area contributed by atoms with Gasteiger partial charge in [-0.3, -0.25) is 4.98 Å². The highest BCUT2D eigenvalue weighted by molar-refractivity contribution is 7.80. The molecule has 19 heavy (non-hydrogen) atoms. The van der Waals surface area contributed by atoms with Crippen LogP contribution < -0.4 is 15.4 Å². The number of thiocarbonyl (C=S) groups is 1. The average molecular weight is 274 g/mol. The van der Waals surface area contributed by atoms with Gasteiger partial charge in [0, 0.05) is 12.4 Å². The minimum Gasteiger partial charge on any atom is -0.493 e. The molecule has 98 valence electrons. The molecule has 0 spiro atoms. The maximum absolute atomic E-state index is 5.20. The summed E-state index contributed by atoms with van der Waals surface area (Å²) in [5.41, 5.74) is 0.916. The summed E-state index contributed by atoms with van der Waals surface area (Å²) in [5, 5.41) is 6.52. The van der Waals surface area contributed by atoms with Crippen LogP contribution in [0.2, 0.25) is 0 Å². The van der Waals surface area contributed by atoms with Crippen LogP contribution in [-0.4, -0.2) is 22.2 Å². The molecule has 0 aliphatic carbocycles. The lowest BCUT2D eigenvalue weighted by Gasteiger charge is -2.11. The van der Waals surface area contributed by atoms with Gasteiger partial charge in [-0.2, -0.15) is 0 Å². The molecule has 2 N–H and O–H groups in total. The van der Waals surface area contributed by atoms with E-state index in [1.807, 2.05) is 24.3 Å². The molecule has 0 atom stereocenters. The smallest absolute Gasteiger partial charge is 0.174 e. The van der Waals surface area contributed by atoms with Gasteiger partial charge in [-0.15, -0.1) is 0 Å². The average Bonchev–Trinajstić information content (AvgIpc) is 2.47. The van der Waals surface area contributed by atoms with Gasteiger partial charge in [0.2, 0.25) is 0 Å². The lowest BCUT2D eigenvalue weighted by atomic mass is 10.3. The van der Waals surface area contributed by atoms with Gasteiger partial charge in [0.1, 0.15) is 0 Å². The molecule has 2 heterocycles. The number of hydrogen-bond donors (Lipinski definition) is 2. The number of anilines is 1. The standard InChI is InChI=1S/C13H14N4OS/c1-18-11-6-4-8-15-12(11)17-13(19)16-9-10-5-2-3-7-14-10/h2-8H,9H2,1H3,(H2,15,16,17,19). The first-order valence-electron chi connectivity index (χ1n) is 5.73. The van der Waals surface area contributed by atoms with Crippen LogP contribution in [0.15, 0.2) is 42.7 Å². The van der Waals surface area contributed by atoms with E-state index < -0.39 is 0 Å². The molecular formula is C13H14N4OS. The fourth-order valence-corrected chi connectivity index (χ4v) is 1.64. The Bertz CT molecular complexity index is 547. The topological polar surface area (TPSA) is 59.1 Å². The van der Waals surface area contributed by atoms with Crippen molar-refractivity contribution in [3.63, 3.8) is 0 Å². The summed E-state index contributed by atoms with van der Waals surface area (Å²) in [6.07, 6.45) is 3.42. The third-order valence-corrected chi connectivity index (χ3v) is 2.63. The molecule has 0 saturated heterocycles. The van der Waals surface area contributed by atoms with Crippen LogP contribution in [0.3, 0.4) is 0 Å². The molecule has 0 aromatic carbocycles. The van der Waals surface area contributed by atoms with Crippen molar-refractivity contribution in [3.8, 4) is 5.75 Å². The van der Waals surface area contributed by atoms with Crippen LogP contribution in [0.5, 0.6) is 5.75 Å². The Hall–Kier alpha value is -2.21. The van der Waals surface area contributed by atoms with Gasteiger partial charge >= 0.3 is 0 Å². The fourth-order valence-electron chi connectivity index (χ4n) is 1.47. The first kappa shape index (κ1) is 13.2. The van der Waals surface area contributed by atoms with Gasteiger partial charge in [0.15, 0.2) is 16.7 Å². The van der Waals surface area contributed by atoms with Gasteiger partial charge in [-0.05, 0) is 36.5 Å². The van der Waals surface area contributed by atoms with E-state index in [2.05, 4.69) is 20.6 Å². The Balaban J connectivity index is 1.91. The molecule has 0 saturated carbocycles. The van der Waals surface area contributed by atoms with Crippen molar-refractivity contribution in [3.05, 3.63) is 48.4 Å². The number of rotatable bonds is 4. The fraction of sp³-hybridized carbons (Fsp3) is 0.154. The van der Waals surface area contributed by atoms with E-state index in [0.717, 1.165) is 5.69 Å². The molecule has 2 aromatic rings. The monoisotopic (exact) mass is 274 g/mol. The molecule has 0 aliphatic rings. The van der Waals surface area contributed by atoms with Crippen molar-refractivity contribution in [2.24, 2.45) is 0 Å². The molecular weight excluding hydrogens is 260 g/mol. The second-order valence-corrected chi connectivity index (χ2v) is 4.09. The molecule has 0 radical (unpaired) electrons. The zero-order valence-corrected chi connectivity index (χ0v) is 11.3. The summed E-state index contributed by atoms with van der Waals surface area (Å²) in [5.74, 6) is 1.23. The van der Waals surface area contributed by atoms with E-state index in [4.69, 9.17) is 17.0 Å². The molecule has 0 aliphatic heterocycles. The van der Waals surface area contributed by atoms with E-state index in [9.17, 15) is 0 Å². The Morgan fingerprint density at radius 3 is 2.79 bits per heavy atom. The lowest BCUT2D eigenvalue weighted by molar-refractivity contribution is 0.415. The summed E-state index contributed by atoms with van der Waals surface area (Å²) >= 11 is 5.20. The van der Waals surface area contributed by atoms with Gasteiger partial charge in [0.05, 0.1) is 19.3 Å². The second-order valence-electron chi connectivity index (χ2n) is 3.68. The van der Waals surface area contributed by atoms with Crippen LogP contribution in [0, 0.1) is 0 Å². The van der Waals surface area contributed by atoms with Crippen molar-refractivity contribution in [2.45, 2.75) is 6.54 Å². The van der Waals surface area contributed by atoms with E-state index in [-0.39, 0.29) is 0 Å². The minimum absolute atomic E-state index is 0.475. The van der Waals surface area contributed by atoms with E-state index in [1.165, 1.54) is 0 Å². The van der Waals surface area contributed by atoms with Crippen molar-refractivity contribution < 1.29 is 4.74 Å². The third-order valence-electron chi connectivity index (χ3n) is 2.38. The largest absolute Gasteiger partial charge is 0.493 e. The highest BCUT2D eigenvalue weighted by Gasteiger charge is 2.05. The van der Waals surface area contributed by atoms with Gasteiger partial charge in [-0.25, -0.2) is 4.98 Å². The number of methoxy groups -OCH3 is 1. The normalized spacial score (nSPS) is 9.74. The Labute approximate surface area is 117 Å². The zero-order valence-electron chi connectivity index (χ0n) is 10.5. The molecule has 5 nitrogen and oxygen atoms in total. The molecule has 2 rings (SSSR count). The van der Waals surface area contributed by atoms with Crippen LogP contribution >= 0.6 is 12.2 Å². The Kier molecular flexibility index (Phi) is 4.63. The van der Waals surface area contributed by atoms with Crippen LogP contribution in [0.25, 0.3) is 0 Å². The van der Waals surface area contributed by atoms with Crippen molar-refractivity contribution in [1.29, 1.82) is 0 Å². The molecule has 6 heteroatoms. The molecule has 0 bridgehead atoms. The summed E-state index contributed by atoms with van der Waals surface area (Å²) in [6.45, 7) is 0.557. The summed E-state index contributed by atoms with van der Waals surface area (Å²) in [7, 11) is 1.59. The first-order chi connectivity index (χ1) is 9.29. The quantitative estimate of drug-likeness (QED) is 0.831. The van der Waals surface area contributed by atoms with Crippen molar-refractivity contribution in [1.82, 2.24) is 15.3 Å². The van der Waals surface area contributed by atoms with Gasteiger partial charge in [0.25, 0.3) is 0 Å². The van der Waals surface area contributed by atoms with E-state index >= 15 is 0 Å². The number of nitrogens with zero attached hydrogens (tertiary/aromatic N) is 2. The minimum atomic E-state index is 0.475. The number of ether oxygens (including phenoxy) is 1. The molecule has 0 unspecified atom stereocenters. The summed E-state index contributed by atoms with van der Waals surface area (Å²) in [4.78, 5) is 8.37. The summed E-state index contributed by atoms with van der Waals surface area (Å²) < 4.78 is 5.18. The second kappa shape index (κ2) is 6.65. The number of hydrogen-bond acceptors (Lipinski definition) is 4. The van der Waals surface area contributed by atoms with Gasteiger partial charge < -0.3 is 15.4 Å². The van der Waals surface area contributed by atoms with Gasteiger partial charge in [-0.1, -0.05) is 6.07 Å². The number of aromatic nitrogens is 2. The van der Waals surface area contributed by atoms with Crippen LogP contribution in [0.4, 0.5) is 5.82 Å². The molecule has 0 amide bonds. The van der Waals surface area contributed by atoms with Crippen LogP contribution in [0.1, 0.15) is 5.69 Å². The predicted molar refractivity (Wildman–Crippen MR) is 78.1 cm³/mol. The highest BCUT2D eigenvalue weighted by atomic mass is 32.1. The predicted octanol–water partition coefficient (Wildman–Crippen LogP) is 1.97. The maximum atomic E-state index is 5.20. The summed E-state index contributed by atoms with van der Waals surface area (Å²) in [6, 6.07) is 9.35. The van der Waals surface area contributed by atoms with E-state index in [0.29, 0.717) is 23.2 Å². The zero-order chi connectivity index (χ0) is 13.5. The number of pyridine rings is 2. The Morgan fingerprint density at radius 2 is 2.05 bits per heavy atom. The maximum Gasteiger partial charge on any atom is 0.174 e. The SMILES string of the molecule is COc1cccnc1NC(=S)NCc1ccccn1. The Morgan fingerprint density at radius 1 is 1.21 bits per heavy atom. The van der Waals surface area contributed by atoms with Crippen LogP contribution in [-0.2, 0) is 6.54 Å². The van der Waals surface area contributed by atoms with E-state index in [1.54, 1.807) is 25.6 Å². The number of nitrogens with one attached hydrogen (secondary N) is 2. The highest BCUT2D eigenvalue weighted by Crippen LogP contribution is 2.19. The lowest BCUT2D eigenvalue weighted by Crippen LogP contribution is -2.28.